The zero-order chi connectivity index (χ0) is 13.3. The number of hydrogen-bond acceptors (Lipinski definition) is 4. The van der Waals surface area contributed by atoms with E-state index in [0.717, 1.165) is 5.56 Å². The first kappa shape index (κ1) is 13.8. The van der Waals surface area contributed by atoms with Crippen molar-refractivity contribution in [3.63, 3.8) is 0 Å². The van der Waals surface area contributed by atoms with E-state index >= 15 is 0 Å². The van der Waals surface area contributed by atoms with Crippen LogP contribution in [-0.4, -0.2) is 24.9 Å². The van der Waals surface area contributed by atoms with E-state index in [1.165, 1.54) is 12.3 Å². The van der Waals surface area contributed by atoms with Crippen LogP contribution in [0.15, 0.2) is 23.4 Å². The second-order valence-electron chi connectivity index (χ2n) is 5.13. The summed E-state index contributed by atoms with van der Waals surface area (Å²) in [5.74, 6) is -0.763. The summed E-state index contributed by atoms with van der Waals surface area (Å²) in [4.78, 5) is 15.7. The average Bonchev–Trinajstić information content (AvgIpc) is 2.15. The number of carbonyl (C=O) groups is 1. The SMILES string of the molecule is Cc1cncc(S(=O)(=O)CC(=O)C(C)(C)C)c1. The fraction of sp³-hybridized carbons (Fsp3) is 0.500. The van der Waals surface area contributed by atoms with Gasteiger partial charge in [0.25, 0.3) is 0 Å². The summed E-state index contributed by atoms with van der Waals surface area (Å²) in [7, 11) is -3.58. The molecule has 0 aromatic carbocycles. The molecule has 5 heteroatoms. The molecule has 0 amide bonds. The van der Waals surface area contributed by atoms with Crippen LogP contribution in [0, 0.1) is 12.3 Å². The van der Waals surface area contributed by atoms with Gasteiger partial charge in [-0.2, -0.15) is 0 Å². The van der Waals surface area contributed by atoms with Crippen molar-refractivity contribution in [2.75, 3.05) is 5.75 Å². The van der Waals surface area contributed by atoms with Gasteiger partial charge >= 0.3 is 0 Å². The van der Waals surface area contributed by atoms with Gasteiger partial charge in [-0.15, -0.1) is 0 Å². The number of aromatic nitrogens is 1. The molecule has 0 atom stereocenters. The Balaban J connectivity index is 3.02. The van der Waals surface area contributed by atoms with Crippen LogP contribution >= 0.6 is 0 Å². The lowest BCUT2D eigenvalue weighted by Crippen LogP contribution is -2.28. The number of rotatable bonds is 3. The van der Waals surface area contributed by atoms with Gasteiger partial charge in [-0.3, -0.25) is 9.78 Å². The summed E-state index contributed by atoms with van der Waals surface area (Å²) in [6.07, 6.45) is 2.85. The minimum absolute atomic E-state index is 0.107. The molecular weight excluding hydrogens is 238 g/mol. The van der Waals surface area contributed by atoms with Gasteiger partial charge in [-0.05, 0) is 18.6 Å². The summed E-state index contributed by atoms with van der Waals surface area (Å²) in [5.41, 5.74) is 0.110. The Morgan fingerprint density at radius 1 is 1.29 bits per heavy atom. The fourth-order valence-electron chi connectivity index (χ4n) is 1.17. The Kier molecular flexibility index (Phi) is 3.71. The molecule has 1 heterocycles. The molecule has 0 bridgehead atoms. The third-order valence-electron chi connectivity index (χ3n) is 2.37. The topological polar surface area (TPSA) is 64.1 Å². The second kappa shape index (κ2) is 4.56. The van der Waals surface area contributed by atoms with Gasteiger partial charge in [-0.1, -0.05) is 20.8 Å². The zero-order valence-corrected chi connectivity index (χ0v) is 11.3. The Morgan fingerprint density at radius 2 is 1.88 bits per heavy atom. The molecule has 0 aliphatic rings. The molecule has 1 rings (SSSR count). The van der Waals surface area contributed by atoms with Gasteiger partial charge in [0.05, 0.1) is 4.90 Å². The fourth-order valence-corrected chi connectivity index (χ4v) is 2.70. The van der Waals surface area contributed by atoms with E-state index < -0.39 is 21.0 Å². The molecule has 94 valence electrons. The van der Waals surface area contributed by atoms with E-state index in [1.807, 2.05) is 0 Å². The first-order valence-corrected chi connectivity index (χ1v) is 6.96. The second-order valence-corrected chi connectivity index (χ2v) is 7.12. The number of carbonyl (C=O) groups excluding carboxylic acids is 1. The van der Waals surface area contributed by atoms with Crippen LogP contribution in [0.4, 0.5) is 0 Å². The van der Waals surface area contributed by atoms with Crippen molar-refractivity contribution in [1.29, 1.82) is 0 Å². The van der Waals surface area contributed by atoms with Crippen molar-refractivity contribution in [1.82, 2.24) is 4.98 Å². The maximum atomic E-state index is 12.0. The van der Waals surface area contributed by atoms with Gasteiger partial charge in [0, 0.05) is 17.8 Å². The lowest BCUT2D eigenvalue weighted by molar-refractivity contribution is -0.123. The summed E-state index contributed by atoms with van der Waals surface area (Å²) < 4.78 is 24.0. The van der Waals surface area contributed by atoms with Gasteiger partial charge in [0.2, 0.25) is 0 Å². The van der Waals surface area contributed by atoms with Crippen LogP contribution in [-0.2, 0) is 14.6 Å². The molecule has 0 spiro atoms. The van der Waals surface area contributed by atoms with E-state index in [1.54, 1.807) is 33.9 Å². The Hall–Kier alpha value is -1.23. The number of ketones is 1. The maximum Gasteiger partial charge on any atom is 0.187 e. The lowest BCUT2D eigenvalue weighted by atomic mass is 9.92. The quantitative estimate of drug-likeness (QED) is 0.825. The van der Waals surface area contributed by atoms with Crippen molar-refractivity contribution in [3.05, 3.63) is 24.0 Å². The Labute approximate surface area is 102 Å². The molecule has 0 fully saturated rings. The predicted molar refractivity (Wildman–Crippen MR) is 65.5 cm³/mol. The number of aryl methyl sites for hydroxylation is 1. The minimum Gasteiger partial charge on any atom is -0.298 e. The van der Waals surface area contributed by atoms with E-state index in [0.29, 0.717) is 0 Å². The smallest absolute Gasteiger partial charge is 0.187 e. The van der Waals surface area contributed by atoms with Crippen molar-refractivity contribution >= 4 is 15.6 Å². The molecule has 1 aromatic heterocycles. The van der Waals surface area contributed by atoms with Gasteiger partial charge in [-0.25, -0.2) is 8.42 Å². The molecule has 0 radical (unpaired) electrons. The molecule has 1 aromatic rings. The first-order valence-electron chi connectivity index (χ1n) is 5.30. The van der Waals surface area contributed by atoms with Crippen LogP contribution in [0.25, 0.3) is 0 Å². The van der Waals surface area contributed by atoms with Crippen molar-refractivity contribution in [2.45, 2.75) is 32.6 Å². The van der Waals surface area contributed by atoms with Gasteiger partial charge < -0.3 is 0 Å². The highest BCUT2D eigenvalue weighted by Crippen LogP contribution is 2.19. The lowest BCUT2D eigenvalue weighted by Gasteiger charge is -2.16. The number of hydrogen-bond donors (Lipinski definition) is 0. The highest BCUT2D eigenvalue weighted by molar-refractivity contribution is 7.92. The van der Waals surface area contributed by atoms with Crippen LogP contribution < -0.4 is 0 Å². The molecule has 0 saturated carbocycles. The van der Waals surface area contributed by atoms with E-state index in [4.69, 9.17) is 0 Å². The normalized spacial score (nSPS) is 12.5. The van der Waals surface area contributed by atoms with Crippen molar-refractivity contribution in [2.24, 2.45) is 5.41 Å². The third kappa shape index (κ3) is 3.63. The molecule has 0 unspecified atom stereocenters. The van der Waals surface area contributed by atoms with Crippen molar-refractivity contribution < 1.29 is 13.2 Å². The van der Waals surface area contributed by atoms with E-state index in [9.17, 15) is 13.2 Å². The predicted octanol–water partition coefficient (Wildman–Crippen LogP) is 1.78. The van der Waals surface area contributed by atoms with Crippen molar-refractivity contribution in [3.8, 4) is 0 Å². The summed E-state index contributed by atoms with van der Waals surface area (Å²) in [6, 6.07) is 1.53. The van der Waals surface area contributed by atoms with Crippen LogP contribution in [0.3, 0.4) is 0 Å². The maximum absolute atomic E-state index is 12.0. The molecule has 4 nitrogen and oxygen atoms in total. The molecule has 0 aliphatic carbocycles. The van der Waals surface area contributed by atoms with Crippen LogP contribution in [0.5, 0.6) is 0 Å². The summed E-state index contributed by atoms with van der Waals surface area (Å²) >= 11 is 0. The number of sulfone groups is 1. The average molecular weight is 255 g/mol. The molecule has 0 aliphatic heterocycles. The number of Topliss-reactive ketones (excluding diaryl/α,β-unsaturated/α-hetero) is 1. The van der Waals surface area contributed by atoms with Gasteiger partial charge in [0.1, 0.15) is 5.75 Å². The highest BCUT2D eigenvalue weighted by atomic mass is 32.2. The van der Waals surface area contributed by atoms with Gasteiger partial charge in [0.15, 0.2) is 15.6 Å². The largest absolute Gasteiger partial charge is 0.298 e. The Morgan fingerprint density at radius 3 is 2.35 bits per heavy atom. The molecule has 0 N–H and O–H groups in total. The van der Waals surface area contributed by atoms with Crippen LogP contribution in [0.2, 0.25) is 0 Å². The molecule has 17 heavy (non-hydrogen) atoms. The number of pyridine rings is 1. The molecule has 0 saturated heterocycles. The summed E-state index contributed by atoms with van der Waals surface area (Å²) in [5, 5.41) is 0. The van der Waals surface area contributed by atoms with E-state index in [2.05, 4.69) is 4.98 Å². The first-order chi connectivity index (χ1) is 7.63. The summed E-state index contributed by atoms with van der Waals surface area (Å²) in [6.45, 7) is 6.88. The molecular formula is C12H17NO3S. The zero-order valence-electron chi connectivity index (χ0n) is 10.5. The Bertz CT molecular complexity index is 527. The van der Waals surface area contributed by atoms with Crippen LogP contribution in [0.1, 0.15) is 26.3 Å². The third-order valence-corrected chi connectivity index (χ3v) is 3.95. The minimum atomic E-state index is -3.58. The monoisotopic (exact) mass is 255 g/mol. The number of nitrogens with zero attached hydrogens (tertiary/aromatic N) is 1. The highest BCUT2D eigenvalue weighted by Gasteiger charge is 2.28. The standard InChI is InChI=1S/C12H17NO3S/c1-9-5-10(7-13-6-9)17(15,16)8-11(14)12(2,3)4/h5-7H,8H2,1-4H3. The van der Waals surface area contributed by atoms with E-state index in [-0.39, 0.29) is 10.7 Å².